The molecule has 1 aromatic rings. The lowest BCUT2D eigenvalue weighted by atomic mass is 10.0. The summed E-state index contributed by atoms with van der Waals surface area (Å²) in [6.07, 6.45) is 5.29. The van der Waals surface area contributed by atoms with Gasteiger partial charge in [-0.1, -0.05) is 25.2 Å². The van der Waals surface area contributed by atoms with Gasteiger partial charge in [-0.25, -0.2) is 0 Å². The molecule has 2 amide bonds. The van der Waals surface area contributed by atoms with Crippen molar-refractivity contribution >= 4 is 17.5 Å². The summed E-state index contributed by atoms with van der Waals surface area (Å²) in [5.74, 6) is 6.03. The molecule has 2 aliphatic rings. The van der Waals surface area contributed by atoms with Crippen molar-refractivity contribution in [3.05, 3.63) is 29.3 Å². The molecular weight excluding hydrogens is 404 g/mol. The molecule has 0 aromatic heterocycles. The molecule has 174 valence electrons. The number of carbonyl (C=O) groups excluding carboxylic acids is 2. The largest absolute Gasteiger partial charge is 0.382 e. The van der Waals surface area contributed by atoms with Crippen LogP contribution in [-0.4, -0.2) is 73.6 Å². The summed E-state index contributed by atoms with van der Waals surface area (Å²) in [5, 5.41) is 3.47. The number of morpholine rings is 1. The molecule has 2 saturated heterocycles. The van der Waals surface area contributed by atoms with E-state index in [9.17, 15) is 9.59 Å². The van der Waals surface area contributed by atoms with Gasteiger partial charge in [-0.15, -0.1) is 0 Å². The van der Waals surface area contributed by atoms with E-state index in [1.54, 1.807) is 6.07 Å². The highest BCUT2D eigenvalue weighted by Crippen LogP contribution is 2.22. The normalized spacial score (nSPS) is 17.5. The minimum absolute atomic E-state index is 0.206. The van der Waals surface area contributed by atoms with Crippen LogP contribution in [0.2, 0.25) is 0 Å². The predicted octanol–water partition coefficient (Wildman–Crippen LogP) is 2.45. The predicted molar refractivity (Wildman–Crippen MR) is 126 cm³/mol. The number of carbonyl (C=O) groups is 2. The van der Waals surface area contributed by atoms with Crippen LogP contribution in [-0.2, 0) is 9.53 Å². The van der Waals surface area contributed by atoms with Gasteiger partial charge in [-0.05, 0) is 37.5 Å². The van der Waals surface area contributed by atoms with Crippen molar-refractivity contribution in [3.63, 3.8) is 0 Å². The number of ether oxygens (including phenoxy) is 1. The fourth-order valence-electron chi connectivity index (χ4n) is 4.11. The number of rotatable bonds is 8. The number of benzene rings is 1. The first kappa shape index (κ1) is 24.1. The molecule has 0 bridgehead atoms. The van der Waals surface area contributed by atoms with Gasteiger partial charge in [0.15, 0.2) is 0 Å². The van der Waals surface area contributed by atoms with Gasteiger partial charge in [0.1, 0.15) is 0 Å². The molecule has 7 nitrogen and oxygen atoms in total. The Balaban J connectivity index is 1.49. The van der Waals surface area contributed by atoms with Crippen LogP contribution in [0.1, 0.15) is 61.4 Å². The second-order valence-corrected chi connectivity index (χ2v) is 8.53. The van der Waals surface area contributed by atoms with Crippen molar-refractivity contribution in [2.75, 3.05) is 51.3 Å². The van der Waals surface area contributed by atoms with E-state index in [0.29, 0.717) is 12.0 Å². The molecule has 1 aromatic carbocycles. The Morgan fingerprint density at radius 3 is 2.62 bits per heavy atom. The molecule has 32 heavy (non-hydrogen) atoms. The number of nitrogens with zero attached hydrogens (tertiary/aromatic N) is 2. The SMILES string of the molecule is CCCCC#Cc1ccc(NC2CCN(C(=O)CCN3CCOCC3)CC2)c(C(N)=O)c1. The molecule has 0 saturated carbocycles. The number of primary amides is 1. The fourth-order valence-corrected chi connectivity index (χ4v) is 4.11. The van der Waals surface area contributed by atoms with E-state index >= 15 is 0 Å². The van der Waals surface area contributed by atoms with Crippen LogP contribution in [0, 0.1) is 11.8 Å². The number of likely N-dealkylation sites (tertiary alicyclic amines) is 1. The maximum atomic E-state index is 12.6. The van der Waals surface area contributed by atoms with Gasteiger partial charge in [-0.3, -0.25) is 14.5 Å². The van der Waals surface area contributed by atoms with E-state index in [1.807, 2.05) is 17.0 Å². The number of nitrogens with two attached hydrogens (primary N) is 1. The van der Waals surface area contributed by atoms with Gasteiger partial charge in [0.25, 0.3) is 5.91 Å². The number of amides is 2. The number of nitrogens with one attached hydrogen (secondary N) is 1. The summed E-state index contributed by atoms with van der Waals surface area (Å²) >= 11 is 0. The Morgan fingerprint density at radius 2 is 1.94 bits per heavy atom. The number of piperidine rings is 1. The van der Waals surface area contributed by atoms with E-state index in [-0.39, 0.29) is 11.9 Å². The summed E-state index contributed by atoms with van der Waals surface area (Å²) in [6, 6.07) is 5.80. The first-order valence-corrected chi connectivity index (χ1v) is 11.8. The van der Waals surface area contributed by atoms with Gasteiger partial charge in [0.05, 0.1) is 18.8 Å². The maximum absolute atomic E-state index is 12.6. The van der Waals surface area contributed by atoms with Crippen LogP contribution in [0.3, 0.4) is 0 Å². The Kier molecular flexibility index (Phi) is 9.39. The summed E-state index contributed by atoms with van der Waals surface area (Å²) < 4.78 is 5.36. The lowest BCUT2D eigenvalue weighted by Gasteiger charge is -2.34. The minimum Gasteiger partial charge on any atom is -0.382 e. The minimum atomic E-state index is -0.458. The Bertz CT molecular complexity index is 831. The first-order chi connectivity index (χ1) is 15.6. The van der Waals surface area contributed by atoms with Crippen molar-refractivity contribution in [2.24, 2.45) is 5.73 Å². The Morgan fingerprint density at radius 1 is 1.19 bits per heavy atom. The van der Waals surface area contributed by atoms with Crippen LogP contribution in [0.15, 0.2) is 18.2 Å². The molecular formula is C25H36N4O3. The van der Waals surface area contributed by atoms with Gasteiger partial charge in [-0.2, -0.15) is 0 Å². The van der Waals surface area contributed by atoms with Gasteiger partial charge in [0, 0.05) is 62.9 Å². The van der Waals surface area contributed by atoms with Crippen molar-refractivity contribution < 1.29 is 14.3 Å². The van der Waals surface area contributed by atoms with E-state index in [4.69, 9.17) is 10.5 Å². The summed E-state index contributed by atoms with van der Waals surface area (Å²) in [5.41, 5.74) is 7.65. The quantitative estimate of drug-likeness (QED) is 0.479. The molecule has 0 radical (unpaired) electrons. The fraction of sp³-hybridized carbons (Fsp3) is 0.600. The third kappa shape index (κ3) is 7.25. The number of unbranched alkanes of at least 4 members (excludes halogenated alkanes) is 2. The monoisotopic (exact) mass is 440 g/mol. The molecule has 0 atom stereocenters. The molecule has 2 aliphatic heterocycles. The summed E-state index contributed by atoms with van der Waals surface area (Å²) in [4.78, 5) is 28.8. The van der Waals surface area contributed by atoms with Crippen LogP contribution >= 0.6 is 0 Å². The zero-order chi connectivity index (χ0) is 22.8. The van der Waals surface area contributed by atoms with Crippen molar-refractivity contribution in [1.29, 1.82) is 0 Å². The Labute approximate surface area is 191 Å². The van der Waals surface area contributed by atoms with E-state index < -0.39 is 5.91 Å². The number of hydrogen-bond donors (Lipinski definition) is 2. The average Bonchev–Trinajstić information content (AvgIpc) is 2.82. The van der Waals surface area contributed by atoms with Crippen molar-refractivity contribution in [1.82, 2.24) is 9.80 Å². The number of anilines is 1. The molecule has 0 unspecified atom stereocenters. The Hall–Kier alpha value is -2.56. The first-order valence-electron chi connectivity index (χ1n) is 11.8. The third-order valence-electron chi connectivity index (χ3n) is 6.13. The second kappa shape index (κ2) is 12.5. The van der Waals surface area contributed by atoms with Crippen molar-refractivity contribution in [3.8, 4) is 11.8 Å². The molecule has 2 fully saturated rings. The molecule has 2 heterocycles. The zero-order valence-corrected chi connectivity index (χ0v) is 19.2. The van der Waals surface area contributed by atoms with Gasteiger partial charge in [0.2, 0.25) is 5.91 Å². The summed E-state index contributed by atoms with van der Waals surface area (Å²) in [7, 11) is 0. The summed E-state index contributed by atoms with van der Waals surface area (Å²) in [6.45, 7) is 7.72. The second-order valence-electron chi connectivity index (χ2n) is 8.53. The lowest BCUT2D eigenvalue weighted by molar-refractivity contribution is -0.132. The highest BCUT2D eigenvalue weighted by Gasteiger charge is 2.24. The van der Waals surface area contributed by atoms with Crippen LogP contribution in [0.4, 0.5) is 5.69 Å². The number of hydrogen-bond acceptors (Lipinski definition) is 5. The molecule has 3 rings (SSSR count). The smallest absolute Gasteiger partial charge is 0.250 e. The topological polar surface area (TPSA) is 87.9 Å². The average molecular weight is 441 g/mol. The highest BCUT2D eigenvalue weighted by atomic mass is 16.5. The lowest BCUT2D eigenvalue weighted by Crippen LogP contribution is -2.44. The van der Waals surface area contributed by atoms with Crippen molar-refractivity contribution in [2.45, 2.75) is 51.5 Å². The van der Waals surface area contributed by atoms with Gasteiger partial charge >= 0.3 is 0 Å². The van der Waals surface area contributed by atoms with Gasteiger partial charge < -0.3 is 20.7 Å². The molecule has 0 spiro atoms. The van der Waals surface area contributed by atoms with E-state index in [1.165, 1.54) is 0 Å². The highest BCUT2D eigenvalue weighted by molar-refractivity contribution is 5.99. The standard InChI is InChI=1S/C25H36N4O3/c1-2-3-4-5-6-20-7-8-23(22(19-20)25(26)31)27-21-9-13-29(14-10-21)24(30)11-12-28-15-17-32-18-16-28/h7-8,19,21,27H,2-4,9-18H2,1H3,(H2,26,31). The molecule has 3 N–H and O–H groups in total. The molecule has 0 aliphatic carbocycles. The van der Waals surface area contributed by atoms with E-state index in [0.717, 1.165) is 89.3 Å². The third-order valence-corrected chi connectivity index (χ3v) is 6.13. The maximum Gasteiger partial charge on any atom is 0.250 e. The van der Waals surface area contributed by atoms with Crippen LogP contribution < -0.4 is 11.1 Å². The van der Waals surface area contributed by atoms with E-state index in [2.05, 4.69) is 29.0 Å². The van der Waals surface area contributed by atoms with Crippen LogP contribution in [0.25, 0.3) is 0 Å². The van der Waals surface area contributed by atoms with Crippen LogP contribution in [0.5, 0.6) is 0 Å². The zero-order valence-electron chi connectivity index (χ0n) is 19.2. The molecule has 7 heteroatoms.